The van der Waals surface area contributed by atoms with Crippen LogP contribution in [0.4, 0.5) is 10.7 Å². The van der Waals surface area contributed by atoms with E-state index in [2.05, 4.69) is 30.6 Å². The number of methoxy groups -OCH3 is 1. The third-order valence-electron chi connectivity index (χ3n) is 3.08. The molecule has 0 aromatic carbocycles. The van der Waals surface area contributed by atoms with Gasteiger partial charge in [-0.05, 0) is 26.3 Å². The molecule has 2 rings (SSSR count). The standard InChI is InChI=1S/C14H14Cl2N6O3/c1-5-8(10(16)17-6(2)9(5)15)11(23)20-13(24)21-12-18-7(3)19-14(22-12)25-4/h1-4H3,(H2,18,19,20,21,22,23,24). The molecule has 2 N–H and O–H groups in total. The molecule has 2 aromatic heterocycles. The van der Waals surface area contributed by atoms with Crippen molar-refractivity contribution < 1.29 is 14.3 Å². The summed E-state index contributed by atoms with van der Waals surface area (Å²) in [6, 6.07) is -0.827. The van der Waals surface area contributed by atoms with Crippen molar-refractivity contribution in [3.8, 4) is 6.01 Å². The van der Waals surface area contributed by atoms with Crippen LogP contribution in [-0.2, 0) is 0 Å². The van der Waals surface area contributed by atoms with Crippen LogP contribution < -0.4 is 15.4 Å². The number of nitrogens with zero attached hydrogens (tertiary/aromatic N) is 4. The second-order valence-electron chi connectivity index (χ2n) is 4.90. The summed E-state index contributed by atoms with van der Waals surface area (Å²) >= 11 is 12.1. The Bertz CT molecular complexity index is 859. The van der Waals surface area contributed by atoms with E-state index >= 15 is 0 Å². The highest BCUT2D eigenvalue weighted by molar-refractivity contribution is 6.36. The summed E-state index contributed by atoms with van der Waals surface area (Å²) in [5.41, 5.74) is 0.914. The maximum Gasteiger partial charge on any atom is 0.328 e. The maximum absolute atomic E-state index is 12.3. The number of rotatable bonds is 3. The van der Waals surface area contributed by atoms with E-state index in [1.54, 1.807) is 20.8 Å². The first-order valence-corrected chi connectivity index (χ1v) is 7.69. The Balaban J connectivity index is 2.18. The molecule has 2 aromatic rings. The molecular weight excluding hydrogens is 371 g/mol. The highest BCUT2D eigenvalue weighted by atomic mass is 35.5. The van der Waals surface area contributed by atoms with Crippen LogP contribution in [0.5, 0.6) is 6.01 Å². The molecule has 2 heterocycles. The Labute approximate surface area is 153 Å². The number of nitrogens with one attached hydrogen (secondary N) is 2. The van der Waals surface area contributed by atoms with Gasteiger partial charge in [-0.2, -0.15) is 15.0 Å². The van der Waals surface area contributed by atoms with Crippen LogP contribution in [0.3, 0.4) is 0 Å². The van der Waals surface area contributed by atoms with Crippen molar-refractivity contribution >= 4 is 41.1 Å². The van der Waals surface area contributed by atoms with E-state index in [4.69, 9.17) is 27.9 Å². The zero-order chi connectivity index (χ0) is 18.7. The number of imide groups is 1. The lowest BCUT2D eigenvalue weighted by atomic mass is 10.1. The molecular formula is C14H14Cl2N6O3. The zero-order valence-electron chi connectivity index (χ0n) is 13.8. The topological polar surface area (TPSA) is 119 Å². The minimum Gasteiger partial charge on any atom is -0.467 e. The number of pyridine rings is 1. The van der Waals surface area contributed by atoms with Gasteiger partial charge in [-0.25, -0.2) is 9.78 Å². The number of carbonyl (C=O) groups excluding carboxylic acids is 2. The number of hydrogen-bond donors (Lipinski definition) is 2. The smallest absolute Gasteiger partial charge is 0.328 e. The Morgan fingerprint density at radius 1 is 1.04 bits per heavy atom. The van der Waals surface area contributed by atoms with Gasteiger partial charge in [0.2, 0.25) is 5.95 Å². The van der Waals surface area contributed by atoms with Gasteiger partial charge in [-0.15, -0.1) is 0 Å². The molecule has 0 aliphatic carbocycles. The number of carbonyl (C=O) groups is 2. The molecule has 0 atom stereocenters. The quantitative estimate of drug-likeness (QED) is 0.779. The molecule has 0 saturated heterocycles. The summed E-state index contributed by atoms with van der Waals surface area (Å²) in [5.74, 6) is -0.494. The van der Waals surface area contributed by atoms with Gasteiger partial charge in [0.25, 0.3) is 5.91 Å². The molecule has 0 radical (unpaired) electrons. The van der Waals surface area contributed by atoms with Crippen LogP contribution >= 0.6 is 23.2 Å². The van der Waals surface area contributed by atoms with Gasteiger partial charge in [-0.1, -0.05) is 23.2 Å². The van der Waals surface area contributed by atoms with E-state index in [9.17, 15) is 9.59 Å². The number of halogens is 2. The van der Waals surface area contributed by atoms with Crippen molar-refractivity contribution in [2.45, 2.75) is 20.8 Å². The fourth-order valence-electron chi connectivity index (χ4n) is 1.95. The monoisotopic (exact) mass is 384 g/mol. The number of aryl methyl sites for hydroxylation is 2. The molecule has 0 fully saturated rings. The number of urea groups is 1. The third-order valence-corrected chi connectivity index (χ3v) is 3.91. The minimum atomic E-state index is -0.857. The van der Waals surface area contributed by atoms with E-state index in [-0.39, 0.29) is 22.7 Å². The summed E-state index contributed by atoms with van der Waals surface area (Å²) in [5, 5.41) is 4.68. The van der Waals surface area contributed by atoms with Crippen LogP contribution in [0.15, 0.2) is 0 Å². The summed E-state index contributed by atoms with van der Waals surface area (Å²) in [6.45, 7) is 4.86. The molecule has 0 saturated carbocycles. The average molecular weight is 385 g/mol. The second-order valence-corrected chi connectivity index (χ2v) is 5.64. The van der Waals surface area contributed by atoms with Crippen LogP contribution in [0, 0.1) is 20.8 Å². The zero-order valence-corrected chi connectivity index (χ0v) is 15.3. The summed E-state index contributed by atoms with van der Waals surface area (Å²) in [6.07, 6.45) is 0. The van der Waals surface area contributed by atoms with Gasteiger partial charge in [0.05, 0.1) is 23.4 Å². The fourth-order valence-corrected chi connectivity index (χ4v) is 2.45. The van der Waals surface area contributed by atoms with Crippen molar-refractivity contribution in [2.75, 3.05) is 12.4 Å². The van der Waals surface area contributed by atoms with Crippen LogP contribution in [-0.4, -0.2) is 39.0 Å². The van der Waals surface area contributed by atoms with Crippen molar-refractivity contribution in [1.82, 2.24) is 25.3 Å². The van der Waals surface area contributed by atoms with Crippen molar-refractivity contribution in [3.63, 3.8) is 0 Å². The van der Waals surface area contributed by atoms with Gasteiger partial charge >= 0.3 is 12.0 Å². The van der Waals surface area contributed by atoms with E-state index < -0.39 is 11.9 Å². The first-order valence-electron chi connectivity index (χ1n) is 6.94. The number of amides is 3. The number of hydrogen-bond acceptors (Lipinski definition) is 7. The molecule has 0 aliphatic heterocycles. The summed E-state index contributed by atoms with van der Waals surface area (Å²) < 4.78 is 4.88. The number of ether oxygens (including phenoxy) is 1. The molecule has 0 aliphatic rings. The third kappa shape index (κ3) is 4.31. The van der Waals surface area contributed by atoms with E-state index in [0.29, 0.717) is 22.1 Å². The lowest BCUT2D eigenvalue weighted by Crippen LogP contribution is -2.35. The van der Waals surface area contributed by atoms with Crippen LogP contribution in [0.1, 0.15) is 27.4 Å². The van der Waals surface area contributed by atoms with Crippen LogP contribution in [0.25, 0.3) is 0 Å². The van der Waals surface area contributed by atoms with Crippen LogP contribution in [0.2, 0.25) is 10.2 Å². The number of aromatic nitrogens is 4. The first kappa shape index (κ1) is 18.8. The molecule has 0 bridgehead atoms. The maximum atomic E-state index is 12.3. The lowest BCUT2D eigenvalue weighted by molar-refractivity contribution is 0.0966. The van der Waals surface area contributed by atoms with E-state index in [1.165, 1.54) is 7.11 Å². The van der Waals surface area contributed by atoms with Gasteiger partial charge < -0.3 is 4.74 Å². The molecule has 0 spiro atoms. The summed E-state index contributed by atoms with van der Waals surface area (Å²) in [7, 11) is 1.38. The second kappa shape index (κ2) is 7.58. The Hall–Kier alpha value is -2.52. The van der Waals surface area contributed by atoms with Gasteiger partial charge in [-0.3, -0.25) is 15.4 Å². The van der Waals surface area contributed by atoms with Gasteiger partial charge in [0.1, 0.15) is 11.0 Å². The average Bonchev–Trinajstić information content (AvgIpc) is 2.51. The predicted octanol–water partition coefficient (Wildman–Crippen LogP) is 2.47. The van der Waals surface area contributed by atoms with Gasteiger partial charge in [0, 0.05) is 0 Å². The fraction of sp³-hybridized carbons (Fsp3) is 0.286. The molecule has 11 heteroatoms. The normalized spacial score (nSPS) is 10.3. The van der Waals surface area contributed by atoms with Gasteiger partial charge in [0.15, 0.2) is 0 Å². The molecule has 132 valence electrons. The minimum absolute atomic E-state index is 0.0109. The molecule has 0 unspecified atom stereocenters. The lowest BCUT2D eigenvalue weighted by Gasteiger charge is -2.11. The Morgan fingerprint density at radius 3 is 2.36 bits per heavy atom. The van der Waals surface area contributed by atoms with Crippen molar-refractivity contribution in [1.29, 1.82) is 0 Å². The molecule has 9 nitrogen and oxygen atoms in total. The number of anilines is 1. The van der Waals surface area contributed by atoms with Crippen molar-refractivity contribution in [2.24, 2.45) is 0 Å². The van der Waals surface area contributed by atoms with E-state index in [0.717, 1.165) is 0 Å². The highest BCUT2D eigenvalue weighted by Gasteiger charge is 2.21. The largest absolute Gasteiger partial charge is 0.467 e. The summed E-state index contributed by atoms with van der Waals surface area (Å²) in [4.78, 5) is 39.9. The van der Waals surface area contributed by atoms with E-state index in [1.807, 2.05) is 0 Å². The SMILES string of the molecule is COc1nc(C)nc(NC(=O)NC(=O)c2c(Cl)nc(C)c(Cl)c2C)n1. The predicted molar refractivity (Wildman–Crippen MR) is 91.3 cm³/mol. The Kier molecular flexibility index (Phi) is 5.70. The first-order chi connectivity index (χ1) is 11.7. The van der Waals surface area contributed by atoms with Crippen molar-refractivity contribution in [3.05, 3.63) is 32.8 Å². The molecule has 3 amide bonds. The highest BCUT2D eigenvalue weighted by Crippen LogP contribution is 2.27. The Morgan fingerprint density at radius 2 is 1.72 bits per heavy atom. The molecule has 25 heavy (non-hydrogen) atoms.